The lowest BCUT2D eigenvalue weighted by Gasteiger charge is -2.11. The summed E-state index contributed by atoms with van der Waals surface area (Å²) in [5.41, 5.74) is 5.85. The van der Waals surface area contributed by atoms with Gasteiger partial charge in [-0.15, -0.1) is 0 Å². The molecule has 0 bridgehead atoms. The predicted molar refractivity (Wildman–Crippen MR) is 53.9 cm³/mol. The zero-order valence-corrected chi connectivity index (χ0v) is 8.94. The molecule has 0 aliphatic carbocycles. The molecule has 1 atom stereocenters. The zero-order valence-electron chi connectivity index (χ0n) is 8.12. The summed E-state index contributed by atoms with van der Waals surface area (Å²) >= 11 is 0. The molecule has 0 aliphatic rings. The normalized spacial score (nSPS) is 13.7. The van der Waals surface area contributed by atoms with Crippen molar-refractivity contribution in [2.24, 2.45) is 5.73 Å². The molecule has 0 aliphatic heterocycles. The highest BCUT2D eigenvalue weighted by atomic mass is 32.2. The van der Waals surface area contributed by atoms with Crippen molar-refractivity contribution >= 4 is 16.0 Å². The Hall–Kier alpha value is -1.34. The molecule has 0 saturated carbocycles. The van der Waals surface area contributed by atoms with Gasteiger partial charge in [0.1, 0.15) is 0 Å². The number of aliphatic carboxylic acids is 1. The minimum atomic E-state index is -3.43. The van der Waals surface area contributed by atoms with Gasteiger partial charge in [-0.3, -0.25) is 4.79 Å². The predicted octanol–water partition coefficient (Wildman–Crippen LogP) is -0.230. The van der Waals surface area contributed by atoms with Crippen LogP contribution >= 0.6 is 0 Å². The topological polar surface area (TPSA) is 102 Å². The van der Waals surface area contributed by atoms with E-state index in [2.05, 4.69) is 0 Å². The SMILES string of the molecule is CS(=O)(=O)n1cccc1C(N)CC(=O)O. The fraction of sp³-hybridized carbons (Fsp3) is 0.375. The van der Waals surface area contributed by atoms with E-state index in [1.807, 2.05) is 0 Å². The van der Waals surface area contributed by atoms with Crippen molar-refractivity contribution in [3.63, 3.8) is 0 Å². The maximum atomic E-state index is 11.3. The first-order valence-corrected chi connectivity index (χ1v) is 6.02. The van der Waals surface area contributed by atoms with Crippen molar-refractivity contribution in [3.05, 3.63) is 24.0 Å². The number of nitrogens with two attached hydrogens (primary N) is 1. The van der Waals surface area contributed by atoms with Crippen molar-refractivity contribution in [3.8, 4) is 0 Å². The van der Waals surface area contributed by atoms with Gasteiger partial charge in [-0.25, -0.2) is 12.4 Å². The van der Waals surface area contributed by atoms with Crippen molar-refractivity contribution in [1.82, 2.24) is 3.97 Å². The molecule has 15 heavy (non-hydrogen) atoms. The van der Waals surface area contributed by atoms with E-state index >= 15 is 0 Å². The number of hydrogen-bond acceptors (Lipinski definition) is 4. The van der Waals surface area contributed by atoms with Gasteiger partial charge in [-0.2, -0.15) is 0 Å². The molecule has 1 heterocycles. The van der Waals surface area contributed by atoms with Crippen molar-refractivity contribution in [2.45, 2.75) is 12.5 Å². The van der Waals surface area contributed by atoms with E-state index < -0.39 is 22.0 Å². The number of carboxylic acid groups (broad SMARTS) is 1. The lowest BCUT2D eigenvalue weighted by molar-refractivity contribution is -0.137. The van der Waals surface area contributed by atoms with Crippen molar-refractivity contribution in [1.29, 1.82) is 0 Å². The highest BCUT2D eigenvalue weighted by molar-refractivity contribution is 7.89. The van der Waals surface area contributed by atoms with Crippen molar-refractivity contribution in [2.75, 3.05) is 6.26 Å². The maximum absolute atomic E-state index is 11.3. The summed E-state index contributed by atoms with van der Waals surface area (Å²) in [5.74, 6) is -1.07. The number of aromatic nitrogens is 1. The molecule has 3 N–H and O–H groups in total. The molecular weight excluding hydrogens is 220 g/mol. The summed E-state index contributed by atoms with van der Waals surface area (Å²) in [6, 6.07) is 2.18. The Bertz CT molecular complexity index is 463. The Kier molecular flexibility index (Phi) is 3.15. The number of hydrogen-bond donors (Lipinski definition) is 2. The molecule has 1 unspecified atom stereocenters. The quantitative estimate of drug-likeness (QED) is 0.746. The largest absolute Gasteiger partial charge is 0.481 e. The molecule has 0 radical (unpaired) electrons. The molecule has 0 fully saturated rings. The minimum absolute atomic E-state index is 0.278. The van der Waals surface area contributed by atoms with Crippen LogP contribution in [0.15, 0.2) is 18.3 Å². The highest BCUT2D eigenvalue weighted by Gasteiger charge is 2.18. The molecular formula is C8H12N2O4S. The summed E-state index contributed by atoms with van der Waals surface area (Å²) in [7, 11) is -3.43. The lowest BCUT2D eigenvalue weighted by atomic mass is 10.1. The average molecular weight is 232 g/mol. The highest BCUT2D eigenvalue weighted by Crippen LogP contribution is 2.16. The first-order chi connectivity index (χ1) is 6.82. The molecule has 84 valence electrons. The van der Waals surface area contributed by atoms with Gasteiger partial charge in [-0.1, -0.05) is 0 Å². The van der Waals surface area contributed by atoms with Crippen LogP contribution in [-0.2, 0) is 14.8 Å². The summed E-state index contributed by atoms with van der Waals surface area (Å²) in [4.78, 5) is 10.4. The Morgan fingerprint density at radius 2 is 2.27 bits per heavy atom. The molecule has 1 rings (SSSR count). The summed E-state index contributed by atoms with van der Waals surface area (Å²) < 4.78 is 23.5. The summed E-state index contributed by atoms with van der Waals surface area (Å²) in [5, 5.41) is 8.54. The van der Waals surface area contributed by atoms with Crippen LogP contribution in [0.4, 0.5) is 0 Å². The average Bonchev–Trinajstić information content (AvgIpc) is 2.48. The van der Waals surface area contributed by atoms with Gasteiger partial charge in [0.25, 0.3) is 0 Å². The molecule has 0 saturated heterocycles. The monoisotopic (exact) mass is 232 g/mol. The van der Waals surface area contributed by atoms with Gasteiger partial charge in [0, 0.05) is 6.20 Å². The van der Waals surface area contributed by atoms with Crippen LogP contribution in [0.2, 0.25) is 0 Å². The first-order valence-electron chi connectivity index (χ1n) is 4.17. The number of rotatable bonds is 4. The van der Waals surface area contributed by atoms with E-state index in [-0.39, 0.29) is 12.1 Å². The Morgan fingerprint density at radius 3 is 2.73 bits per heavy atom. The van der Waals surface area contributed by atoms with Crippen LogP contribution in [0.1, 0.15) is 18.2 Å². The zero-order chi connectivity index (χ0) is 11.6. The van der Waals surface area contributed by atoms with Gasteiger partial charge in [0.2, 0.25) is 10.0 Å². The number of nitrogens with zero attached hydrogens (tertiary/aromatic N) is 1. The van der Waals surface area contributed by atoms with E-state index in [4.69, 9.17) is 10.8 Å². The van der Waals surface area contributed by atoms with Gasteiger partial charge in [-0.05, 0) is 12.1 Å². The van der Waals surface area contributed by atoms with E-state index in [1.54, 1.807) is 0 Å². The molecule has 0 spiro atoms. The summed E-state index contributed by atoms with van der Waals surface area (Å²) in [6.45, 7) is 0. The molecule has 1 aromatic heterocycles. The third-order valence-electron chi connectivity index (χ3n) is 1.87. The second kappa shape index (κ2) is 4.03. The van der Waals surface area contributed by atoms with Crippen LogP contribution < -0.4 is 5.73 Å². The fourth-order valence-electron chi connectivity index (χ4n) is 1.26. The fourth-order valence-corrected chi connectivity index (χ4v) is 2.13. The van der Waals surface area contributed by atoms with Gasteiger partial charge in [0.05, 0.1) is 24.4 Å². The van der Waals surface area contributed by atoms with E-state index in [1.165, 1.54) is 18.3 Å². The Morgan fingerprint density at radius 1 is 1.67 bits per heavy atom. The third kappa shape index (κ3) is 2.80. The van der Waals surface area contributed by atoms with Gasteiger partial charge < -0.3 is 10.8 Å². The first kappa shape index (κ1) is 11.7. The van der Waals surface area contributed by atoms with Crippen LogP contribution in [-0.4, -0.2) is 29.7 Å². The Balaban J connectivity index is 3.06. The smallest absolute Gasteiger partial charge is 0.305 e. The van der Waals surface area contributed by atoms with E-state index in [9.17, 15) is 13.2 Å². The number of carboxylic acids is 1. The lowest BCUT2D eigenvalue weighted by Crippen LogP contribution is -2.21. The van der Waals surface area contributed by atoms with Crippen molar-refractivity contribution < 1.29 is 18.3 Å². The summed E-state index contributed by atoms with van der Waals surface area (Å²) in [6.07, 6.45) is 2.07. The molecule has 0 amide bonds. The van der Waals surface area contributed by atoms with Crippen LogP contribution in [0.5, 0.6) is 0 Å². The van der Waals surface area contributed by atoms with Crippen LogP contribution in [0.25, 0.3) is 0 Å². The maximum Gasteiger partial charge on any atom is 0.305 e. The molecule has 1 aromatic rings. The second-order valence-electron chi connectivity index (χ2n) is 3.20. The van der Waals surface area contributed by atoms with E-state index in [0.717, 1.165) is 10.2 Å². The van der Waals surface area contributed by atoms with E-state index in [0.29, 0.717) is 0 Å². The minimum Gasteiger partial charge on any atom is -0.481 e. The standard InChI is InChI=1S/C8H12N2O4S/c1-15(13,14)10-4-2-3-7(10)6(9)5-8(11)12/h2-4,6H,5,9H2,1H3,(H,11,12). The Labute approximate surface area is 87.4 Å². The molecule has 0 aromatic carbocycles. The number of carbonyl (C=O) groups is 1. The van der Waals surface area contributed by atoms with Crippen LogP contribution in [0.3, 0.4) is 0 Å². The van der Waals surface area contributed by atoms with Gasteiger partial charge in [0.15, 0.2) is 0 Å². The third-order valence-corrected chi connectivity index (χ3v) is 2.92. The molecule has 7 heteroatoms. The second-order valence-corrected chi connectivity index (χ2v) is 5.06. The van der Waals surface area contributed by atoms with Gasteiger partial charge >= 0.3 is 5.97 Å². The molecule has 6 nitrogen and oxygen atoms in total. The van der Waals surface area contributed by atoms with Crippen LogP contribution in [0, 0.1) is 0 Å².